The van der Waals surface area contributed by atoms with E-state index in [1.165, 1.54) is 19.3 Å². The zero-order valence-electron chi connectivity index (χ0n) is 13.3. The van der Waals surface area contributed by atoms with E-state index >= 15 is 0 Å². The molecular formula is C17H26BrClN2O2. The van der Waals surface area contributed by atoms with Gasteiger partial charge < -0.3 is 20.1 Å². The molecule has 1 heterocycles. The van der Waals surface area contributed by atoms with E-state index in [2.05, 4.69) is 26.6 Å². The lowest BCUT2D eigenvalue weighted by Crippen LogP contribution is -2.51. The summed E-state index contributed by atoms with van der Waals surface area (Å²) >= 11 is 3.46. The highest BCUT2D eigenvalue weighted by molar-refractivity contribution is 9.10. The van der Waals surface area contributed by atoms with Crippen molar-refractivity contribution in [1.29, 1.82) is 0 Å². The van der Waals surface area contributed by atoms with Gasteiger partial charge in [-0.2, -0.15) is 0 Å². The van der Waals surface area contributed by atoms with Crippen LogP contribution in [0, 0.1) is 5.92 Å². The lowest BCUT2D eigenvalue weighted by atomic mass is 9.94. The summed E-state index contributed by atoms with van der Waals surface area (Å²) in [7, 11) is 0. The number of rotatable bonds is 6. The van der Waals surface area contributed by atoms with Crippen LogP contribution in [0.5, 0.6) is 5.75 Å². The Morgan fingerprint density at radius 2 is 2.26 bits per heavy atom. The Kier molecular flexibility index (Phi) is 8.13. The lowest BCUT2D eigenvalue weighted by Gasteiger charge is -2.33. The van der Waals surface area contributed by atoms with E-state index in [1.54, 1.807) is 0 Å². The van der Waals surface area contributed by atoms with Crippen molar-refractivity contribution in [2.45, 2.75) is 31.3 Å². The van der Waals surface area contributed by atoms with E-state index in [1.807, 2.05) is 24.3 Å². The third-order valence-corrected chi connectivity index (χ3v) is 5.10. The minimum Gasteiger partial charge on any atom is -0.492 e. The second-order valence-corrected chi connectivity index (χ2v) is 7.01. The average Bonchev–Trinajstić information content (AvgIpc) is 3.01. The van der Waals surface area contributed by atoms with Gasteiger partial charge in [0.1, 0.15) is 12.4 Å². The molecule has 1 aromatic carbocycles. The Bertz CT molecular complexity index is 472. The van der Waals surface area contributed by atoms with Crippen LogP contribution >= 0.6 is 28.3 Å². The normalized spacial score (nSPS) is 27.4. The number of hydrogen-bond donors (Lipinski definition) is 2. The van der Waals surface area contributed by atoms with E-state index in [-0.39, 0.29) is 12.4 Å². The molecule has 23 heavy (non-hydrogen) atoms. The van der Waals surface area contributed by atoms with E-state index in [9.17, 15) is 0 Å². The van der Waals surface area contributed by atoms with Crippen molar-refractivity contribution in [3.63, 3.8) is 0 Å². The maximum atomic E-state index is 5.79. The molecule has 1 aliphatic carbocycles. The molecule has 1 saturated heterocycles. The Hall–Kier alpha value is -0.330. The molecule has 1 aliphatic heterocycles. The zero-order chi connectivity index (χ0) is 15.2. The number of ether oxygens (including phenoxy) is 2. The molecule has 0 aromatic heterocycles. The summed E-state index contributed by atoms with van der Waals surface area (Å²) in [4.78, 5) is 0. The largest absolute Gasteiger partial charge is 0.492 e. The van der Waals surface area contributed by atoms with Crippen LogP contribution < -0.4 is 15.4 Å². The molecule has 130 valence electrons. The molecule has 3 rings (SSSR count). The number of nitrogens with one attached hydrogen (secondary N) is 2. The molecule has 0 bridgehead atoms. The highest BCUT2D eigenvalue weighted by Gasteiger charge is 2.34. The summed E-state index contributed by atoms with van der Waals surface area (Å²) in [5.41, 5.74) is 0. The SMILES string of the molecule is Brc1cccc(OCCNC2CCCC2C2COCCN2)c1.Cl. The van der Waals surface area contributed by atoms with Gasteiger partial charge in [0.2, 0.25) is 0 Å². The summed E-state index contributed by atoms with van der Waals surface area (Å²) in [5, 5.41) is 7.29. The molecule has 3 unspecified atom stereocenters. The quantitative estimate of drug-likeness (QED) is 0.714. The standard InChI is InChI=1S/C17H25BrN2O2.ClH/c18-13-3-1-4-14(11-13)22-10-8-19-16-6-2-5-15(16)17-12-21-9-7-20-17;/h1,3-4,11,15-17,19-20H,2,5-10,12H2;1H. The molecule has 4 nitrogen and oxygen atoms in total. The van der Waals surface area contributed by atoms with Gasteiger partial charge in [-0.25, -0.2) is 0 Å². The fourth-order valence-electron chi connectivity index (χ4n) is 3.55. The topological polar surface area (TPSA) is 42.5 Å². The fraction of sp³-hybridized carbons (Fsp3) is 0.647. The highest BCUT2D eigenvalue weighted by atomic mass is 79.9. The smallest absolute Gasteiger partial charge is 0.120 e. The molecular weight excluding hydrogens is 380 g/mol. The summed E-state index contributed by atoms with van der Waals surface area (Å²) in [6.07, 6.45) is 3.87. The Morgan fingerprint density at radius 1 is 1.35 bits per heavy atom. The van der Waals surface area contributed by atoms with Gasteiger partial charge in [-0.05, 0) is 37.0 Å². The number of halogens is 2. The minimum atomic E-state index is 0. The van der Waals surface area contributed by atoms with Crippen molar-refractivity contribution < 1.29 is 9.47 Å². The van der Waals surface area contributed by atoms with Crippen LogP contribution in [0.4, 0.5) is 0 Å². The van der Waals surface area contributed by atoms with Crippen molar-refractivity contribution in [2.75, 3.05) is 32.9 Å². The van der Waals surface area contributed by atoms with Crippen LogP contribution in [-0.4, -0.2) is 45.0 Å². The van der Waals surface area contributed by atoms with Crippen molar-refractivity contribution in [3.05, 3.63) is 28.7 Å². The van der Waals surface area contributed by atoms with E-state index in [0.717, 1.165) is 36.5 Å². The van der Waals surface area contributed by atoms with E-state index in [4.69, 9.17) is 9.47 Å². The molecule has 0 spiro atoms. The second-order valence-electron chi connectivity index (χ2n) is 6.10. The number of morpholine rings is 1. The first-order chi connectivity index (χ1) is 10.8. The van der Waals surface area contributed by atoms with Crippen molar-refractivity contribution in [3.8, 4) is 5.75 Å². The average molecular weight is 406 g/mol. The summed E-state index contributed by atoms with van der Waals surface area (Å²) in [6, 6.07) is 9.10. The van der Waals surface area contributed by atoms with Gasteiger partial charge >= 0.3 is 0 Å². The maximum Gasteiger partial charge on any atom is 0.120 e. The van der Waals surface area contributed by atoms with Gasteiger partial charge in [-0.15, -0.1) is 12.4 Å². The van der Waals surface area contributed by atoms with Gasteiger partial charge in [0.15, 0.2) is 0 Å². The van der Waals surface area contributed by atoms with Crippen LogP contribution in [0.1, 0.15) is 19.3 Å². The van der Waals surface area contributed by atoms with Crippen molar-refractivity contribution >= 4 is 28.3 Å². The van der Waals surface area contributed by atoms with Gasteiger partial charge in [0, 0.05) is 29.6 Å². The maximum absolute atomic E-state index is 5.79. The summed E-state index contributed by atoms with van der Waals surface area (Å²) in [5.74, 6) is 1.60. The molecule has 0 amide bonds. The third kappa shape index (κ3) is 5.61. The summed E-state index contributed by atoms with van der Waals surface area (Å²) < 4.78 is 12.5. The molecule has 2 aliphatic rings. The molecule has 2 N–H and O–H groups in total. The zero-order valence-corrected chi connectivity index (χ0v) is 15.7. The Labute approximate surface area is 153 Å². The fourth-order valence-corrected chi connectivity index (χ4v) is 3.93. The van der Waals surface area contributed by atoms with Gasteiger partial charge in [0.25, 0.3) is 0 Å². The van der Waals surface area contributed by atoms with Gasteiger partial charge in [-0.1, -0.05) is 28.4 Å². The lowest BCUT2D eigenvalue weighted by molar-refractivity contribution is 0.0523. The molecule has 6 heteroatoms. The Morgan fingerprint density at radius 3 is 3.04 bits per heavy atom. The third-order valence-electron chi connectivity index (χ3n) is 4.61. The molecule has 1 aromatic rings. The number of benzene rings is 1. The van der Waals surface area contributed by atoms with Gasteiger partial charge in [0.05, 0.1) is 13.2 Å². The van der Waals surface area contributed by atoms with Crippen molar-refractivity contribution in [2.24, 2.45) is 5.92 Å². The number of hydrogen-bond acceptors (Lipinski definition) is 4. The van der Waals surface area contributed by atoms with Crippen LogP contribution in [0.2, 0.25) is 0 Å². The first kappa shape index (κ1) is 19.0. The van der Waals surface area contributed by atoms with Crippen LogP contribution in [0.25, 0.3) is 0 Å². The van der Waals surface area contributed by atoms with Crippen molar-refractivity contribution in [1.82, 2.24) is 10.6 Å². The van der Waals surface area contributed by atoms with E-state index < -0.39 is 0 Å². The molecule has 3 atom stereocenters. The first-order valence-electron chi connectivity index (χ1n) is 8.26. The van der Waals surface area contributed by atoms with Crippen LogP contribution in [0.3, 0.4) is 0 Å². The predicted molar refractivity (Wildman–Crippen MR) is 98.6 cm³/mol. The predicted octanol–water partition coefficient (Wildman–Crippen LogP) is 3.00. The minimum absolute atomic E-state index is 0. The van der Waals surface area contributed by atoms with Gasteiger partial charge in [-0.3, -0.25) is 0 Å². The highest BCUT2D eigenvalue weighted by Crippen LogP contribution is 2.29. The second kappa shape index (κ2) is 9.84. The molecule has 2 fully saturated rings. The van der Waals surface area contributed by atoms with Crippen LogP contribution in [-0.2, 0) is 4.74 Å². The van der Waals surface area contributed by atoms with Crippen LogP contribution in [0.15, 0.2) is 28.7 Å². The summed E-state index contributed by atoms with van der Waals surface area (Å²) in [6.45, 7) is 4.29. The monoisotopic (exact) mass is 404 g/mol. The molecule has 0 radical (unpaired) electrons. The first-order valence-corrected chi connectivity index (χ1v) is 9.05. The molecule has 1 saturated carbocycles. The van der Waals surface area contributed by atoms with E-state index in [0.29, 0.717) is 24.6 Å². The Balaban J connectivity index is 0.00000192.